The Morgan fingerprint density at radius 2 is 2.12 bits per heavy atom. The normalized spacial score (nSPS) is 10.9. The van der Waals surface area contributed by atoms with E-state index >= 15 is 0 Å². The van der Waals surface area contributed by atoms with E-state index in [4.69, 9.17) is 5.53 Å². The number of benzene rings is 1. The van der Waals surface area contributed by atoms with Crippen molar-refractivity contribution in [2.75, 3.05) is 13.1 Å². The summed E-state index contributed by atoms with van der Waals surface area (Å²) in [6, 6.07) is 2.11. The summed E-state index contributed by atoms with van der Waals surface area (Å²) in [4.78, 5) is 1.64. The molecule has 0 amide bonds. The maximum atomic E-state index is 13.2. The van der Waals surface area contributed by atoms with Gasteiger partial charge in [-0.05, 0) is 23.7 Å². The lowest BCUT2D eigenvalue weighted by atomic mass is 10.3. The SMILES string of the molecule is [N-]=[N+]=NCCNS(=O)(=O)c1cc(F)ccc1F. The van der Waals surface area contributed by atoms with Crippen molar-refractivity contribution in [2.45, 2.75) is 4.90 Å². The summed E-state index contributed by atoms with van der Waals surface area (Å²) >= 11 is 0. The van der Waals surface area contributed by atoms with E-state index in [0.717, 1.165) is 12.1 Å². The first kappa shape index (κ1) is 13.4. The fourth-order valence-corrected chi connectivity index (χ4v) is 2.14. The smallest absolute Gasteiger partial charge is 0.211 e. The van der Waals surface area contributed by atoms with Crippen molar-refractivity contribution in [2.24, 2.45) is 5.11 Å². The van der Waals surface area contributed by atoms with E-state index < -0.39 is 26.6 Å². The van der Waals surface area contributed by atoms with E-state index in [1.54, 1.807) is 0 Å². The fourth-order valence-electron chi connectivity index (χ4n) is 1.04. The van der Waals surface area contributed by atoms with Crippen LogP contribution in [-0.2, 0) is 10.0 Å². The zero-order chi connectivity index (χ0) is 12.9. The van der Waals surface area contributed by atoms with E-state index in [0.29, 0.717) is 6.07 Å². The number of azide groups is 1. The van der Waals surface area contributed by atoms with Crippen molar-refractivity contribution >= 4 is 10.0 Å². The highest BCUT2D eigenvalue weighted by Gasteiger charge is 2.18. The van der Waals surface area contributed by atoms with Crippen LogP contribution < -0.4 is 4.72 Å². The van der Waals surface area contributed by atoms with E-state index in [1.807, 2.05) is 4.72 Å². The molecule has 0 aliphatic heterocycles. The van der Waals surface area contributed by atoms with Crippen molar-refractivity contribution in [3.05, 3.63) is 40.3 Å². The van der Waals surface area contributed by atoms with Crippen LogP contribution in [0.5, 0.6) is 0 Å². The van der Waals surface area contributed by atoms with Crippen molar-refractivity contribution in [1.82, 2.24) is 4.72 Å². The molecule has 0 aromatic heterocycles. The van der Waals surface area contributed by atoms with Gasteiger partial charge in [-0.15, -0.1) is 0 Å². The molecular weight excluding hydrogens is 254 g/mol. The largest absolute Gasteiger partial charge is 0.243 e. The van der Waals surface area contributed by atoms with E-state index in [9.17, 15) is 17.2 Å². The van der Waals surface area contributed by atoms with Crippen molar-refractivity contribution in [3.8, 4) is 0 Å². The van der Waals surface area contributed by atoms with Crippen LogP contribution >= 0.6 is 0 Å². The van der Waals surface area contributed by atoms with Crippen LogP contribution in [0, 0.1) is 11.6 Å². The van der Waals surface area contributed by atoms with E-state index in [1.165, 1.54) is 0 Å². The van der Waals surface area contributed by atoms with Crippen molar-refractivity contribution in [3.63, 3.8) is 0 Å². The van der Waals surface area contributed by atoms with Crippen LogP contribution in [0.3, 0.4) is 0 Å². The molecule has 1 rings (SSSR count). The molecule has 0 bridgehead atoms. The molecule has 0 unspecified atom stereocenters. The topological polar surface area (TPSA) is 94.9 Å². The molecule has 0 atom stereocenters. The number of hydrogen-bond donors (Lipinski definition) is 1. The fraction of sp³-hybridized carbons (Fsp3) is 0.250. The Hall–Kier alpha value is -1.70. The third-order valence-electron chi connectivity index (χ3n) is 1.75. The number of sulfonamides is 1. The molecule has 1 N–H and O–H groups in total. The standard InChI is InChI=1S/C8H8F2N4O2S/c9-6-1-2-7(10)8(5-6)17(15,16)13-4-3-12-14-11/h1-2,5,13H,3-4H2. The van der Waals surface area contributed by atoms with Crippen molar-refractivity contribution in [1.29, 1.82) is 0 Å². The van der Waals surface area contributed by atoms with Crippen LogP contribution in [0.1, 0.15) is 0 Å². The highest BCUT2D eigenvalue weighted by molar-refractivity contribution is 7.89. The quantitative estimate of drug-likeness (QED) is 0.377. The van der Waals surface area contributed by atoms with Gasteiger partial charge < -0.3 is 0 Å². The molecule has 17 heavy (non-hydrogen) atoms. The van der Waals surface area contributed by atoms with Gasteiger partial charge in [-0.2, -0.15) is 0 Å². The number of halogens is 2. The highest BCUT2D eigenvalue weighted by atomic mass is 32.2. The third-order valence-corrected chi connectivity index (χ3v) is 3.23. The summed E-state index contributed by atoms with van der Waals surface area (Å²) in [5.74, 6) is -1.91. The van der Waals surface area contributed by atoms with Gasteiger partial charge in [-0.25, -0.2) is 21.9 Å². The molecule has 1 aromatic carbocycles. The van der Waals surface area contributed by atoms with Crippen LogP contribution in [-0.4, -0.2) is 21.5 Å². The zero-order valence-corrected chi connectivity index (χ0v) is 9.29. The van der Waals surface area contributed by atoms with Gasteiger partial charge in [-0.1, -0.05) is 5.11 Å². The third kappa shape index (κ3) is 3.66. The number of nitrogens with zero attached hydrogens (tertiary/aromatic N) is 3. The molecule has 0 spiro atoms. The Morgan fingerprint density at radius 3 is 2.76 bits per heavy atom. The molecular formula is C8H8F2N4O2S. The van der Waals surface area contributed by atoms with Gasteiger partial charge in [0.1, 0.15) is 16.5 Å². The van der Waals surface area contributed by atoms with Crippen LogP contribution in [0.4, 0.5) is 8.78 Å². The van der Waals surface area contributed by atoms with Gasteiger partial charge >= 0.3 is 0 Å². The summed E-state index contributed by atoms with van der Waals surface area (Å²) in [6.45, 7) is -0.311. The molecule has 0 radical (unpaired) electrons. The summed E-state index contributed by atoms with van der Waals surface area (Å²) in [5.41, 5.74) is 7.96. The van der Waals surface area contributed by atoms with Gasteiger partial charge in [0.15, 0.2) is 0 Å². The Morgan fingerprint density at radius 1 is 1.41 bits per heavy atom. The molecule has 0 heterocycles. The summed E-state index contributed by atoms with van der Waals surface area (Å²) in [5, 5.41) is 3.09. The Kier molecular flexibility index (Phi) is 4.38. The second kappa shape index (κ2) is 5.58. The van der Waals surface area contributed by atoms with E-state index in [-0.39, 0.29) is 13.1 Å². The zero-order valence-electron chi connectivity index (χ0n) is 8.47. The van der Waals surface area contributed by atoms with Crippen LogP contribution in [0.25, 0.3) is 10.4 Å². The summed E-state index contributed by atoms with van der Waals surface area (Å²) in [7, 11) is -4.14. The lowest BCUT2D eigenvalue weighted by molar-refractivity contribution is 0.546. The van der Waals surface area contributed by atoms with Gasteiger partial charge in [-0.3, -0.25) is 0 Å². The maximum Gasteiger partial charge on any atom is 0.243 e. The first-order chi connectivity index (χ1) is 7.97. The molecule has 1 aromatic rings. The predicted molar refractivity (Wildman–Crippen MR) is 55.6 cm³/mol. The Balaban J connectivity index is 2.89. The maximum absolute atomic E-state index is 13.2. The lowest BCUT2D eigenvalue weighted by Crippen LogP contribution is -2.27. The number of rotatable bonds is 5. The molecule has 0 saturated heterocycles. The molecule has 0 aliphatic carbocycles. The molecule has 92 valence electrons. The second-order valence-electron chi connectivity index (χ2n) is 2.93. The average molecular weight is 262 g/mol. The average Bonchev–Trinajstić information content (AvgIpc) is 2.28. The Bertz CT molecular complexity index is 555. The van der Waals surface area contributed by atoms with Crippen LogP contribution in [0.15, 0.2) is 28.2 Å². The van der Waals surface area contributed by atoms with Gasteiger partial charge in [0.2, 0.25) is 10.0 Å². The molecule has 0 aliphatic rings. The first-order valence-corrected chi connectivity index (χ1v) is 5.91. The Labute approximate surface area is 95.9 Å². The molecule has 6 nitrogen and oxygen atoms in total. The first-order valence-electron chi connectivity index (χ1n) is 4.43. The monoisotopic (exact) mass is 262 g/mol. The summed E-state index contributed by atoms with van der Waals surface area (Å²) < 4.78 is 51.0. The van der Waals surface area contributed by atoms with E-state index in [2.05, 4.69) is 10.0 Å². The van der Waals surface area contributed by atoms with Crippen LogP contribution in [0.2, 0.25) is 0 Å². The van der Waals surface area contributed by atoms with Gasteiger partial charge in [0.25, 0.3) is 0 Å². The number of nitrogens with one attached hydrogen (secondary N) is 1. The molecule has 0 saturated carbocycles. The highest BCUT2D eigenvalue weighted by Crippen LogP contribution is 2.15. The lowest BCUT2D eigenvalue weighted by Gasteiger charge is -2.06. The van der Waals surface area contributed by atoms with Crippen molar-refractivity contribution < 1.29 is 17.2 Å². The predicted octanol–water partition coefficient (Wildman–Crippen LogP) is 1.55. The second-order valence-corrected chi connectivity index (χ2v) is 4.66. The number of hydrogen-bond acceptors (Lipinski definition) is 3. The minimum atomic E-state index is -4.14. The van der Waals surface area contributed by atoms with Gasteiger partial charge in [0, 0.05) is 18.0 Å². The minimum Gasteiger partial charge on any atom is -0.211 e. The van der Waals surface area contributed by atoms with Gasteiger partial charge in [0.05, 0.1) is 0 Å². The molecule has 9 heteroatoms. The molecule has 0 fully saturated rings. The summed E-state index contributed by atoms with van der Waals surface area (Å²) in [6.07, 6.45) is 0. The minimum absolute atomic E-state index is 0.118.